The Balaban J connectivity index is 2.57. The van der Waals surface area contributed by atoms with Gasteiger partial charge >= 0.3 is 0 Å². The fourth-order valence-electron chi connectivity index (χ4n) is 3.32. The molecule has 2 aromatic rings. The molecule has 124 valence electrons. The summed E-state index contributed by atoms with van der Waals surface area (Å²) in [6.45, 7) is 17.9. The van der Waals surface area contributed by atoms with Crippen LogP contribution >= 0.6 is 0 Å². The number of hydrogen-bond acceptors (Lipinski definition) is 1. The highest BCUT2D eigenvalue weighted by molar-refractivity contribution is 5.73. The van der Waals surface area contributed by atoms with Crippen molar-refractivity contribution < 1.29 is 0 Å². The lowest BCUT2D eigenvalue weighted by atomic mass is 9.86. The van der Waals surface area contributed by atoms with Crippen LogP contribution in [-0.4, -0.2) is 7.05 Å². The Bertz CT molecular complexity index is 706. The van der Waals surface area contributed by atoms with E-state index in [1.807, 2.05) is 0 Å². The van der Waals surface area contributed by atoms with Crippen molar-refractivity contribution >= 4 is 11.4 Å². The maximum Gasteiger partial charge on any atom is 0.0472 e. The second kappa shape index (κ2) is 6.03. The third-order valence-corrected chi connectivity index (χ3v) is 5.09. The standard InChI is InChI=1S/C22H31N/c1-14-12-15(2)18(5)21(17(14)4)23(9)20-11-10-19(13-16(20)3)22(6,7)8/h10-13H,1-9H3. The van der Waals surface area contributed by atoms with E-state index in [0.717, 1.165) is 0 Å². The van der Waals surface area contributed by atoms with Crippen molar-refractivity contribution in [3.8, 4) is 0 Å². The number of hydrogen-bond donors (Lipinski definition) is 0. The number of benzene rings is 2. The molecule has 0 aliphatic carbocycles. The summed E-state index contributed by atoms with van der Waals surface area (Å²) in [6.07, 6.45) is 0. The second-order valence-corrected chi connectivity index (χ2v) is 7.92. The van der Waals surface area contributed by atoms with Gasteiger partial charge in [0.25, 0.3) is 0 Å². The van der Waals surface area contributed by atoms with Gasteiger partial charge in [-0.2, -0.15) is 0 Å². The topological polar surface area (TPSA) is 3.24 Å². The minimum Gasteiger partial charge on any atom is -0.344 e. The van der Waals surface area contributed by atoms with Gasteiger partial charge in [-0.3, -0.25) is 0 Å². The van der Waals surface area contributed by atoms with E-state index in [2.05, 4.69) is 91.6 Å². The summed E-state index contributed by atoms with van der Waals surface area (Å²) in [5.74, 6) is 0. The number of anilines is 2. The average Bonchev–Trinajstić information content (AvgIpc) is 2.44. The first-order valence-corrected chi connectivity index (χ1v) is 8.46. The lowest BCUT2D eigenvalue weighted by molar-refractivity contribution is 0.590. The quantitative estimate of drug-likeness (QED) is 0.629. The summed E-state index contributed by atoms with van der Waals surface area (Å²) in [7, 11) is 2.19. The van der Waals surface area contributed by atoms with Crippen LogP contribution in [0.25, 0.3) is 0 Å². The van der Waals surface area contributed by atoms with Crippen molar-refractivity contribution in [1.29, 1.82) is 0 Å². The Morgan fingerprint density at radius 1 is 0.739 bits per heavy atom. The first-order chi connectivity index (χ1) is 10.5. The van der Waals surface area contributed by atoms with Gasteiger partial charge in [0.1, 0.15) is 0 Å². The zero-order valence-electron chi connectivity index (χ0n) is 16.3. The Kier molecular flexibility index (Phi) is 4.61. The molecule has 0 radical (unpaired) electrons. The highest BCUT2D eigenvalue weighted by atomic mass is 15.1. The highest BCUT2D eigenvalue weighted by Gasteiger charge is 2.18. The molecule has 0 bridgehead atoms. The lowest BCUT2D eigenvalue weighted by Gasteiger charge is -2.29. The summed E-state index contributed by atoms with van der Waals surface area (Å²) >= 11 is 0. The molecule has 0 N–H and O–H groups in total. The monoisotopic (exact) mass is 309 g/mol. The highest BCUT2D eigenvalue weighted by Crippen LogP contribution is 2.36. The van der Waals surface area contributed by atoms with Crippen molar-refractivity contribution in [1.82, 2.24) is 0 Å². The van der Waals surface area contributed by atoms with E-state index >= 15 is 0 Å². The van der Waals surface area contributed by atoms with Crippen molar-refractivity contribution in [2.45, 2.75) is 60.8 Å². The van der Waals surface area contributed by atoms with E-state index < -0.39 is 0 Å². The molecule has 23 heavy (non-hydrogen) atoms. The predicted molar refractivity (Wildman–Crippen MR) is 103 cm³/mol. The van der Waals surface area contributed by atoms with Crippen molar-refractivity contribution in [3.05, 3.63) is 57.6 Å². The lowest BCUT2D eigenvalue weighted by Crippen LogP contribution is -2.16. The first-order valence-electron chi connectivity index (χ1n) is 8.46. The largest absolute Gasteiger partial charge is 0.344 e. The zero-order chi connectivity index (χ0) is 17.5. The molecule has 2 aromatic carbocycles. The summed E-state index contributed by atoms with van der Waals surface area (Å²) in [5.41, 5.74) is 11.0. The Morgan fingerprint density at radius 2 is 1.26 bits per heavy atom. The first kappa shape index (κ1) is 17.6. The van der Waals surface area contributed by atoms with Gasteiger partial charge in [-0.1, -0.05) is 39.0 Å². The molecule has 1 nitrogen and oxygen atoms in total. The number of rotatable bonds is 2. The van der Waals surface area contributed by atoms with E-state index in [1.165, 1.54) is 44.8 Å². The molecule has 2 rings (SSSR count). The molecule has 0 aromatic heterocycles. The van der Waals surface area contributed by atoms with Gasteiger partial charge in [-0.15, -0.1) is 0 Å². The maximum atomic E-state index is 2.35. The molecule has 0 fully saturated rings. The van der Waals surface area contributed by atoms with Crippen LogP contribution in [0.2, 0.25) is 0 Å². The van der Waals surface area contributed by atoms with Crippen LogP contribution in [-0.2, 0) is 5.41 Å². The van der Waals surface area contributed by atoms with Gasteiger partial charge in [0, 0.05) is 18.4 Å². The number of nitrogens with zero attached hydrogens (tertiary/aromatic N) is 1. The van der Waals surface area contributed by atoms with E-state index in [-0.39, 0.29) is 5.41 Å². The van der Waals surface area contributed by atoms with Gasteiger partial charge in [0.2, 0.25) is 0 Å². The fraction of sp³-hybridized carbons (Fsp3) is 0.455. The Hall–Kier alpha value is -1.76. The molecule has 0 amide bonds. The molecular formula is C22H31N. The van der Waals surface area contributed by atoms with E-state index in [9.17, 15) is 0 Å². The molecule has 0 aliphatic rings. The van der Waals surface area contributed by atoms with Crippen LogP contribution in [0.3, 0.4) is 0 Å². The van der Waals surface area contributed by atoms with Crippen LogP contribution in [0, 0.1) is 34.6 Å². The summed E-state index contributed by atoms with van der Waals surface area (Å²) < 4.78 is 0. The Labute approximate surface area is 142 Å². The van der Waals surface area contributed by atoms with Gasteiger partial charge < -0.3 is 4.90 Å². The molecule has 0 atom stereocenters. The van der Waals surface area contributed by atoms with Crippen LogP contribution in [0.5, 0.6) is 0 Å². The summed E-state index contributed by atoms with van der Waals surface area (Å²) in [6, 6.07) is 9.16. The maximum absolute atomic E-state index is 2.35. The second-order valence-electron chi connectivity index (χ2n) is 7.92. The van der Waals surface area contributed by atoms with Crippen molar-refractivity contribution in [3.63, 3.8) is 0 Å². The average molecular weight is 309 g/mol. The van der Waals surface area contributed by atoms with E-state index in [1.54, 1.807) is 0 Å². The van der Waals surface area contributed by atoms with Gasteiger partial charge in [0.05, 0.1) is 0 Å². The van der Waals surface area contributed by atoms with Crippen LogP contribution in [0.4, 0.5) is 11.4 Å². The molecular weight excluding hydrogens is 278 g/mol. The summed E-state index contributed by atoms with van der Waals surface area (Å²) in [4.78, 5) is 2.35. The van der Waals surface area contributed by atoms with Gasteiger partial charge in [0.15, 0.2) is 0 Å². The van der Waals surface area contributed by atoms with Gasteiger partial charge in [-0.25, -0.2) is 0 Å². The molecule has 0 saturated heterocycles. The van der Waals surface area contributed by atoms with E-state index in [0.29, 0.717) is 0 Å². The molecule has 0 aliphatic heterocycles. The molecule has 0 unspecified atom stereocenters. The minimum absolute atomic E-state index is 0.188. The van der Waals surface area contributed by atoms with Gasteiger partial charge in [-0.05, 0) is 79.5 Å². The molecule has 1 heteroatoms. The SMILES string of the molecule is Cc1cc(C(C)(C)C)ccc1N(C)c1c(C)c(C)cc(C)c1C. The third kappa shape index (κ3) is 3.29. The minimum atomic E-state index is 0.188. The number of aryl methyl sites for hydroxylation is 3. The smallest absolute Gasteiger partial charge is 0.0472 e. The molecule has 0 heterocycles. The van der Waals surface area contributed by atoms with Crippen LogP contribution < -0.4 is 4.90 Å². The normalized spacial score (nSPS) is 11.7. The van der Waals surface area contributed by atoms with Crippen LogP contribution in [0.1, 0.15) is 54.2 Å². The third-order valence-electron chi connectivity index (χ3n) is 5.09. The Morgan fingerprint density at radius 3 is 1.70 bits per heavy atom. The molecule has 0 saturated carbocycles. The fourth-order valence-corrected chi connectivity index (χ4v) is 3.32. The zero-order valence-corrected chi connectivity index (χ0v) is 16.3. The van der Waals surface area contributed by atoms with Crippen molar-refractivity contribution in [2.75, 3.05) is 11.9 Å². The predicted octanol–water partition coefficient (Wildman–Crippen LogP) is 6.29. The van der Waals surface area contributed by atoms with Crippen molar-refractivity contribution in [2.24, 2.45) is 0 Å². The molecule has 0 spiro atoms. The van der Waals surface area contributed by atoms with E-state index in [4.69, 9.17) is 0 Å². The van der Waals surface area contributed by atoms with Crippen LogP contribution in [0.15, 0.2) is 24.3 Å². The summed E-state index contributed by atoms with van der Waals surface area (Å²) in [5, 5.41) is 0.